The molecule has 2 N–H and O–H groups in total. The highest BCUT2D eigenvalue weighted by molar-refractivity contribution is 7.07. The number of β-amino-alcohol motifs (C(OH)–C–C–N with tert-alkyl or cyclic N) is 1. The third-order valence-electron chi connectivity index (χ3n) is 4.14. The summed E-state index contributed by atoms with van der Waals surface area (Å²) in [4.78, 5) is 18.6. The molecule has 128 valence electrons. The highest BCUT2D eigenvalue weighted by Crippen LogP contribution is 2.15. The average molecular weight is 366 g/mol. The highest BCUT2D eigenvalue weighted by Gasteiger charge is 2.29. The van der Waals surface area contributed by atoms with E-state index in [-0.39, 0.29) is 18.4 Å². The molecule has 1 aliphatic heterocycles. The van der Waals surface area contributed by atoms with Crippen LogP contribution in [0.5, 0.6) is 0 Å². The van der Waals surface area contributed by atoms with Crippen molar-refractivity contribution in [3.63, 3.8) is 0 Å². The average Bonchev–Trinajstić information content (AvgIpc) is 3.03. The van der Waals surface area contributed by atoms with Crippen LogP contribution in [0.3, 0.4) is 0 Å². The number of carbonyl (C=O) groups is 1. The van der Waals surface area contributed by atoms with Crippen molar-refractivity contribution in [1.29, 1.82) is 0 Å². The lowest BCUT2D eigenvalue weighted by Crippen LogP contribution is -2.54. The number of carbonyl (C=O) groups excluding carboxylic acids is 1. The molecule has 2 aromatic rings. The lowest BCUT2D eigenvalue weighted by molar-refractivity contribution is -0.122. The van der Waals surface area contributed by atoms with Gasteiger partial charge in [-0.15, -0.1) is 11.3 Å². The molecule has 5 nitrogen and oxygen atoms in total. The molecule has 1 saturated heterocycles. The summed E-state index contributed by atoms with van der Waals surface area (Å²) in [7, 11) is 0. The van der Waals surface area contributed by atoms with E-state index in [9.17, 15) is 9.90 Å². The molecule has 1 aromatic heterocycles. The van der Waals surface area contributed by atoms with Gasteiger partial charge in [0.25, 0.3) is 0 Å². The Morgan fingerprint density at radius 3 is 3.08 bits per heavy atom. The maximum absolute atomic E-state index is 12.2. The van der Waals surface area contributed by atoms with Gasteiger partial charge in [0.2, 0.25) is 5.91 Å². The fourth-order valence-corrected chi connectivity index (χ4v) is 3.71. The van der Waals surface area contributed by atoms with Crippen molar-refractivity contribution in [3.05, 3.63) is 51.4 Å². The number of aromatic nitrogens is 1. The predicted molar refractivity (Wildman–Crippen MR) is 95.1 cm³/mol. The van der Waals surface area contributed by atoms with Crippen LogP contribution in [0.25, 0.3) is 0 Å². The van der Waals surface area contributed by atoms with Crippen molar-refractivity contribution >= 4 is 28.8 Å². The molecule has 1 aromatic carbocycles. The van der Waals surface area contributed by atoms with Crippen LogP contribution in [0.4, 0.5) is 0 Å². The van der Waals surface area contributed by atoms with Gasteiger partial charge in [0.1, 0.15) is 0 Å². The Balaban J connectivity index is 1.48. The summed E-state index contributed by atoms with van der Waals surface area (Å²) in [6, 6.07) is 7.07. The van der Waals surface area contributed by atoms with E-state index in [1.807, 2.05) is 23.0 Å². The molecule has 2 atom stereocenters. The third-order valence-corrected chi connectivity index (χ3v) is 5.01. The number of thiazole rings is 1. The van der Waals surface area contributed by atoms with Crippen molar-refractivity contribution in [2.75, 3.05) is 13.1 Å². The number of likely N-dealkylation sites (tertiary alicyclic amines) is 1. The Morgan fingerprint density at radius 1 is 1.50 bits per heavy atom. The number of rotatable bonds is 5. The lowest BCUT2D eigenvalue weighted by Gasteiger charge is -2.36. The molecule has 0 spiro atoms. The number of hydrogen-bond donors (Lipinski definition) is 2. The number of aliphatic hydroxyl groups is 1. The van der Waals surface area contributed by atoms with Crippen molar-refractivity contribution in [2.24, 2.45) is 0 Å². The zero-order valence-corrected chi connectivity index (χ0v) is 14.8. The number of benzene rings is 1. The minimum atomic E-state index is -0.569. The number of hydrogen-bond acceptors (Lipinski definition) is 5. The van der Waals surface area contributed by atoms with Crippen LogP contribution >= 0.6 is 22.9 Å². The second-order valence-corrected chi connectivity index (χ2v) is 7.21. The molecular weight excluding hydrogens is 346 g/mol. The van der Waals surface area contributed by atoms with Crippen molar-refractivity contribution in [3.8, 4) is 0 Å². The summed E-state index contributed by atoms with van der Waals surface area (Å²) in [6.07, 6.45) is 0.430. The van der Waals surface area contributed by atoms with Crippen LogP contribution in [-0.4, -0.2) is 46.1 Å². The Kier molecular flexibility index (Phi) is 5.84. The molecule has 1 amide bonds. The maximum atomic E-state index is 12.2. The molecule has 0 aliphatic carbocycles. The van der Waals surface area contributed by atoms with Crippen molar-refractivity contribution in [1.82, 2.24) is 15.2 Å². The second kappa shape index (κ2) is 8.07. The summed E-state index contributed by atoms with van der Waals surface area (Å²) in [6.45, 7) is 2.11. The summed E-state index contributed by atoms with van der Waals surface area (Å²) >= 11 is 7.51. The minimum Gasteiger partial charge on any atom is -0.390 e. The quantitative estimate of drug-likeness (QED) is 0.851. The highest BCUT2D eigenvalue weighted by atomic mass is 35.5. The van der Waals surface area contributed by atoms with Crippen LogP contribution in [0.15, 0.2) is 35.2 Å². The summed E-state index contributed by atoms with van der Waals surface area (Å²) in [5, 5.41) is 15.9. The van der Waals surface area contributed by atoms with Crippen LogP contribution in [0.2, 0.25) is 5.02 Å². The first-order chi connectivity index (χ1) is 11.6. The Bertz CT molecular complexity index is 680. The van der Waals surface area contributed by atoms with Crippen LogP contribution in [0.1, 0.15) is 17.7 Å². The molecule has 0 unspecified atom stereocenters. The Hall–Kier alpha value is -1.47. The van der Waals surface area contributed by atoms with E-state index in [0.29, 0.717) is 11.6 Å². The number of aliphatic hydroxyl groups excluding tert-OH is 1. The number of nitrogens with zero attached hydrogens (tertiary/aromatic N) is 2. The molecule has 24 heavy (non-hydrogen) atoms. The lowest BCUT2D eigenvalue weighted by atomic mass is 10.0. The van der Waals surface area contributed by atoms with Gasteiger partial charge in [-0.1, -0.05) is 23.7 Å². The standard InChI is InChI=1S/C17H20ClN3O2S/c18-13-3-1-2-12(6-13)7-17(23)20-15-4-5-21(9-16(15)22)8-14-10-24-11-19-14/h1-3,6,10-11,15-16,22H,4-5,7-9H2,(H,20,23)/t15-,16-/m1/s1. The maximum Gasteiger partial charge on any atom is 0.224 e. The largest absolute Gasteiger partial charge is 0.390 e. The van der Waals surface area contributed by atoms with E-state index in [4.69, 9.17) is 11.6 Å². The Morgan fingerprint density at radius 2 is 2.38 bits per heavy atom. The van der Waals surface area contributed by atoms with Crippen LogP contribution in [-0.2, 0) is 17.8 Å². The van der Waals surface area contributed by atoms with Gasteiger partial charge in [-0.25, -0.2) is 4.98 Å². The van der Waals surface area contributed by atoms with E-state index in [1.165, 1.54) is 0 Å². The number of amides is 1. The van der Waals surface area contributed by atoms with Gasteiger partial charge in [-0.2, -0.15) is 0 Å². The summed E-state index contributed by atoms with van der Waals surface area (Å²) < 4.78 is 0. The molecule has 7 heteroatoms. The normalized spacial score (nSPS) is 21.6. The van der Waals surface area contributed by atoms with Gasteiger partial charge in [0.15, 0.2) is 0 Å². The molecule has 3 rings (SSSR count). The van der Waals surface area contributed by atoms with Gasteiger partial charge in [0.05, 0.1) is 29.8 Å². The van der Waals surface area contributed by atoms with Gasteiger partial charge in [0, 0.05) is 30.0 Å². The first-order valence-corrected chi connectivity index (χ1v) is 9.23. The first-order valence-electron chi connectivity index (χ1n) is 7.91. The number of halogens is 1. The number of nitrogens with one attached hydrogen (secondary N) is 1. The third kappa shape index (κ3) is 4.77. The second-order valence-electron chi connectivity index (χ2n) is 6.05. The van der Waals surface area contributed by atoms with E-state index < -0.39 is 6.10 Å². The molecule has 2 heterocycles. The van der Waals surface area contributed by atoms with Crippen LogP contribution in [0, 0.1) is 0 Å². The van der Waals surface area contributed by atoms with Gasteiger partial charge < -0.3 is 10.4 Å². The van der Waals surface area contributed by atoms with E-state index in [2.05, 4.69) is 15.2 Å². The van der Waals surface area contributed by atoms with Gasteiger partial charge in [-0.05, 0) is 24.1 Å². The molecule has 0 bridgehead atoms. The fraction of sp³-hybridized carbons (Fsp3) is 0.412. The van der Waals surface area contributed by atoms with Crippen LogP contribution < -0.4 is 5.32 Å². The first kappa shape index (κ1) is 17.4. The van der Waals surface area contributed by atoms with E-state index in [1.54, 1.807) is 23.5 Å². The van der Waals surface area contributed by atoms with E-state index in [0.717, 1.165) is 30.8 Å². The molecule has 1 fully saturated rings. The SMILES string of the molecule is O=C(Cc1cccc(Cl)c1)N[C@@H]1CCN(Cc2cscn2)C[C@H]1O. The van der Waals surface area contributed by atoms with E-state index >= 15 is 0 Å². The predicted octanol–water partition coefficient (Wildman–Crippen LogP) is 2.09. The van der Waals surface area contributed by atoms with Gasteiger partial charge in [-0.3, -0.25) is 9.69 Å². The molecule has 1 aliphatic rings. The zero-order chi connectivity index (χ0) is 16.9. The fourth-order valence-electron chi connectivity index (χ4n) is 2.94. The molecular formula is C17H20ClN3O2S. The van der Waals surface area contributed by atoms with Crippen molar-refractivity contribution in [2.45, 2.75) is 31.5 Å². The Labute approximate surface area is 150 Å². The summed E-state index contributed by atoms with van der Waals surface area (Å²) in [5.41, 5.74) is 3.71. The molecule has 0 saturated carbocycles. The number of piperidine rings is 1. The minimum absolute atomic E-state index is 0.0886. The molecule has 0 radical (unpaired) electrons. The van der Waals surface area contributed by atoms with Crippen molar-refractivity contribution < 1.29 is 9.90 Å². The van der Waals surface area contributed by atoms with Gasteiger partial charge >= 0.3 is 0 Å². The topological polar surface area (TPSA) is 65.5 Å². The zero-order valence-electron chi connectivity index (χ0n) is 13.2. The smallest absolute Gasteiger partial charge is 0.224 e. The monoisotopic (exact) mass is 365 g/mol. The summed E-state index contributed by atoms with van der Waals surface area (Å²) in [5.74, 6) is -0.0886.